The molecule has 0 aromatic heterocycles. The molecule has 148 valence electrons. The van der Waals surface area contributed by atoms with Gasteiger partial charge < -0.3 is 15.1 Å². The molecule has 2 fully saturated rings. The molecular formula is C17H35IN4O2S. The van der Waals surface area contributed by atoms with E-state index in [1.165, 1.54) is 38.8 Å². The summed E-state index contributed by atoms with van der Waals surface area (Å²) >= 11 is 0. The minimum Gasteiger partial charge on any atom is -0.357 e. The summed E-state index contributed by atoms with van der Waals surface area (Å²) in [7, 11) is -3.02. The number of nitrogens with zero attached hydrogens (tertiary/aromatic N) is 3. The fraction of sp³-hybridized carbons (Fsp3) is 0.941. The lowest BCUT2D eigenvalue weighted by molar-refractivity contribution is 0.292. The molecule has 0 bridgehead atoms. The van der Waals surface area contributed by atoms with Gasteiger partial charge in [0.25, 0.3) is 0 Å². The predicted octanol–water partition coefficient (Wildman–Crippen LogP) is 1.95. The SMILES string of the molecule is CCNC(=NCCN1CCCCCC1)N1CCS(=O)(=O)C(C)(C)C1.I. The van der Waals surface area contributed by atoms with Crippen LogP contribution in [0.5, 0.6) is 0 Å². The number of sulfone groups is 1. The van der Waals surface area contributed by atoms with E-state index in [0.29, 0.717) is 13.1 Å². The smallest absolute Gasteiger partial charge is 0.194 e. The second kappa shape index (κ2) is 10.3. The summed E-state index contributed by atoms with van der Waals surface area (Å²) in [5, 5.41) is 3.33. The number of rotatable bonds is 4. The average Bonchev–Trinajstić information content (AvgIpc) is 2.78. The number of aliphatic imine (C=N–C) groups is 1. The Bertz CT molecular complexity index is 529. The molecule has 0 aromatic carbocycles. The molecular weight excluding hydrogens is 451 g/mol. The highest BCUT2D eigenvalue weighted by Crippen LogP contribution is 2.23. The van der Waals surface area contributed by atoms with Gasteiger partial charge in [0.2, 0.25) is 0 Å². The third-order valence-electron chi connectivity index (χ3n) is 5.05. The lowest BCUT2D eigenvalue weighted by Crippen LogP contribution is -2.57. The van der Waals surface area contributed by atoms with Crippen LogP contribution in [0.2, 0.25) is 0 Å². The van der Waals surface area contributed by atoms with E-state index in [4.69, 9.17) is 4.99 Å². The summed E-state index contributed by atoms with van der Waals surface area (Å²) in [6.07, 6.45) is 5.28. The van der Waals surface area contributed by atoms with Crippen LogP contribution in [0.25, 0.3) is 0 Å². The molecule has 2 rings (SSSR count). The molecule has 0 amide bonds. The van der Waals surface area contributed by atoms with Crippen molar-refractivity contribution in [3.8, 4) is 0 Å². The molecule has 2 heterocycles. The summed E-state index contributed by atoms with van der Waals surface area (Å²) in [5.41, 5.74) is 0. The minimum absolute atomic E-state index is 0. The van der Waals surface area contributed by atoms with Gasteiger partial charge >= 0.3 is 0 Å². The van der Waals surface area contributed by atoms with Gasteiger partial charge in [-0.3, -0.25) is 4.99 Å². The largest absolute Gasteiger partial charge is 0.357 e. The first kappa shape index (κ1) is 23.0. The Hall–Kier alpha value is -0.0900. The molecule has 8 heteroatoms. The fourth-order valence-corrected chi connectivity index (χ4v) is 4.77. The van der Waals surface area contributed by atoms with Crippen LogP contribution in [0.1, 0.15) is 46.5 Å². The van der Waals surface area contributed by atoms with Gasteiger partial charge in [-0.25, -0.2) is 8.42 Å². The second-order valence-electron chi connectivity index (χ2n) is 7.49. The van der Waals surface area contributed by atoms with E-state index in [2.05, 4.69) is 22.0 Å². The molecule has 0 radical (unpaired) electrons. The topological polar surface area (TPSA) is 65.0 Å². The monoisotopic (exact) mass is 486 g/mol. The van der Waals surface area contributed by atoms with E-state index in [-0.39, 0.29) is 29.7 Å². The van der Waals surface area contributed by atoms with Crippen molar-refractivity contribution in [2.75, 3.05) is 51.6 Å². The van der Waals surface area contributed by atoms with E-state index in [0.717, 1.165) is 25.6 Å². The molecule has 25 heavy (non-hydrogen) atoms. The normalized spacial score (nSPS) is 24.3. The number of hydrogen-bond acceptors (Lipinski definition) is 4. The Morgan fingerprint density at radius 1 is 1.12 bits per heavy atom. The Balaban J connectivity index is 0.00000312. The third-order valence-corrected chi connectivity index (χ3v) is 7.59. The number of halogens is 1. The zero-order valence-corrected chi connectivity index (χ0v) is 19.1. The molecule has 0 aliphatic carbocycles. The van der Waals surface area contributed by atoms with Crippen molar-refractivity contribution in [1.29, 1.82) is 0 Å². The first-order valence-electron chi connectivity index (χ1n) is 9.33. The highest BCUT2D eigenvalue weighted by atomic mass is 127. The maximum Gasteiger partial charge on any atom is 0.194 e. The quantitative estimate of drug-likeness (QED) is 0.374. The maximum absolute atomic E-state index is 12.2. The van der Waals surface area contributed by atoms with Gasteiger partial charge in [-0.15, -0.1) is 24.0 Å². The van der Waals surface area contributed by atoms with Crippen molar-refractivity contribution >= 4 is 39.8 Å². The van der Waals surface area contributed by atoms with E-state index >= 15 is 0 Å². The Kier molecular flexibility index (Phi) is 9.45. The highest BCUT2D eigenvalue weighted by Gasteiger charge is 2.40. The number of nitrogens with one attached hydrogen (secondary N) is 1. The molecule has 0 unspecified atom stereocenters. The molecule has 0 atom stereocenters. The summed E-state index contributed by atoms with van der Waals surface area (Å²) in [4.78, 5) is 9.38. The van der Waals surface area contributed by atoms with Gasteiger partial charge in [0, 0.05) is 26.2 Å². The number of likely N-dealkylation sites (tertiary alicyclic amines) is 1. The van der Waals surface area contributed by atoms with E-state index < -0.39 is 14.6 Å². The zero-order valence-electron chi connectivity index (χ0n) is 16.0. The summed E-state index contributed by atoms with van der Waals surface area (Å²) < 4.78 is 23.7. The van der Waals surface area contributed by atoms with Crippen LogP contribution in [0.3, 0.4) is 0 Å². The van der Waals surface area contributed by atoms with Crippen LogP contribution in [0, 0.1) is 0 Å². The Morgan fingerprint density at radius 3 is 2.32 bits per heavy atom. The number of guanidine groups is 1. The molecule has 1 N–H and O–H groups in total. The van der Waals surface area contributed by atoms with Crippen LogP contribution < -0.4 is 5.32 Å². The summed E-state index contributed by atoms with van der Waals surface area (Å²) in [5.74, 6) is 1.06. The first-order valence-corrected chi connectivity index (χ1v) is 11.0. The summed E-state index contributed by atoms with van der Waals surface area (Å²) in [6.45, 7) is 11.6. The van der Waals surface area contributed by atoms with Crippen LogP contribution in [-0.4, -0.2) is 80.5 Å². The van der Waals surface area contributed by atoms with E-state index in [1.54, 1.807) is 0 Å². The molecule has 0 saturated carbocycles. The molecule has 2 saturated heterocycles. The van der Waals surface area contributed by atoms with Crippen molar-refractivity contribution in [2.24, 2.45) is 4.99 Å². The van der Waals surface area contributed by atoms with Gasteiger partial charge in [-0.1, -0.05) is 12.8 Å². The van der Waals surface area contributed by atoms with Crippen molar-refractivity contribution in [2.45, 2.75) is 51.2 Å². The van der Waals surface area contributed by atoms with E-state index in [9.17, 15) is 8.42 Å². The van der Waals surface area contributed by atoms with Crippen LogP contribution in [-0.2, 0) is 9.84 Å². The maximum atomic E-state index is 12.2. The molecule has 0 spiro atoms. The Labute approximate surface area is 170 Å². The predicted molar refractivity (Wildman–Crippen MR) is 116 cm³/mol. The lowest BCUT2D eigenvalue weighted by Gasteiger charge is -2.39. The minimum atomic E-state index is -3.02. The van der Waals surface area contributed by atoms with Crippen molar-refractivity contribution < 1.29 is 8.42 Å². The van der Waals surface area contributed by atoms with Gasteiger partial charge in [0.1, 0.15) is 0 Å². The van der Waals surface area contributed by atoms with Crippen LogP contribution in [0.15, 0.2) is 4.99 Å². The zero-order chi connectivity index (χ0) is 17.6. The number of hydrogen-bond donors (Lipinski definition) is 1. The molecule has 6 nitrogen and oxygen atoms in total. The third kappa shape index (κ3) is 6.53. The fourth-order valence-electron chi connectivity index (χ4n) is 3.41. The van der Waals surface area contributed by atoms with Crippen molar-refractivity contribution in [3.05, 3.63) is 0 Å². The molecule has 0 aromatic rings. The molecule has 2 aliphatic rings. The highest BCUT2D eigenvalue weighted by molar-refractivity contribution is 14.0. The van der Waals surface area contributed by atoms with Crippen LogP contribution >= 0.6 is 24.0 Å². The Morgan fingerprint density at radius 2 is 1.76 bits per heavy atom. The van der Waals surface area contributed by atoms with E-state index in [1.807, 2.05) is 13.8 Å². The van der Waals surface area contributed by atoms with Gasteiger partial charge in [0.05, 0.1) is 17.0 Å². The van der Waals surface area contributed by atoms with Crippen LogP contribution in [0.4, 0.5) is 0 Å². The lowest BCUT2D eigenvalue weighted by atomic mass is 10.2. The van der Waals surface area contributed by atoms with Gasteiger partial charge in [0.15, 0.2) is 15.8 Å². The van der Waals surface area contributed by atoms with Crippen molar-refractivity contribution in [1.82, 2.24) is 15.1 Å². The van der Waals surface area contributed by atoms with Gasteiger partial charge in [-0.2, -0.15) is 0 Å². The first-order chi connectivity index (χ1) is 11.4. The average molecular weight is 486 g/mol. The molecule has 2 aliphatic heterocycles. The summed E-state index contributed by atoms with van der Waals surface area (Å²) in [6, 6.07) is 0. The van der Waals surface area contributed by atoms with Gasteiger partial charge in [-0.05, 0) is 46.7 Å². The second-order valence-corrected chi connectivity index (χ2v) is 10.2. The van der Waals surface area contributed by atoms with Crippen molar-refractivity contribution in [3.63, 3.8) is 0 Å². The standard InChI is InChI=1S/C17H34N4O2S.HI/c1-4-18-16(19-9-12-20-10-7-5-6-8-11-20)21-13-14-24(22,23)17(2,3)15-21;/h4-15H2,1-3H3,(H,18,19);1H.